The zero-order valence-corrected chi connectivity index (χ0v) is 9.61. The molecule has 1 aromatic heterocycles. The Labute approximate surface area is 91.3 Å². The van der Waals surface area contributed by atoms with Crippen molar-refractivity contribution in [2.24, 2.45) is 7.05 Å². The van der Waals surface area contributed by atoms with Crippen molar-refractivity contribution >= 4 is 5.95 Å². The standard InChI is InChI=1S/C11H20N4/c1-3-12-10-4-7-15(8-5-10)11-13-6-9-14(11)2/h6,9-10,12H,3-5,7-8H2,1-2H3. The Balaban J connectivity index is 1.91. The number of nitrogens with zero attached hydrogens (tertiary/aromatic N) is 3. The molecular weight excluding hydrogens is 188 g/mol. The number of piperidine rings is 1. The van der Waals surface area contributed by atoms with Gasteiger partial charge in [0, 0.05) is 38.6 Å². The topological polar surface area (TPSA) is 33.1 Å². The quantitative estimate of drug-likeness (QED) is 0.804. The summed E-state index contributed by atoms with van der Waals surface area (Å²) in [6, 6.07) is 0.700. The lowest BCUT2D eigenvalue weighted by Gasteiger charge is -2.32. The van der Waals surface area contributed by atoms with Crippen molar-refractivity contribution in [3.8, 4) is 0 Å². The van der Waals surface area contributed by atoms with Crippen molar-refractivity contribution in [2.45, 2.75) is 25.8 Å². The minimum absolute atomic E-state index is 0.700. The minimum Gasteiger partial charge on any atom is -0.342 e. The minimum atomic E-state index is 0.700. The third kappa shape index (κ3) is 2.31. The highest BCUT2D eigenvalue weighted by atomic mass is 15.3. The largest absolute Gasteiger partial charge is 0.342 e. The highest BCUT2D eigenvalue weighted by Crippen LogP contribution is 2.17. The Morgan fingerprint density at radius 3 is 2.73 bits per heavy atom. The lowest BCUT2D eigenvalue weighted by Crippen LogP contribution is -2.43. The molecule has 0 spiro atoms. The highest BCUT2D eigenvalue weighted by molar-refractivity contribution is 5.31. The van der Waals surface area contributed by atoms with E-state index in [0.717, 1.165) is 25.6 Å². The monoisotopic (exact) mass is 208 g/mol. The van der Waals surface area contributed by atoms with Crippen molar-refractivity contribution in [2.75, 3.05) is 24.5 Å². The van der Waals surface area contributed by atoms with Gasteiger partial charge in [0.2, 0.25) is 5.95 Å². The predicted octanol–water partition coefficient (Wildman–Crippen LogP) is 0.998. The van der Waals surface area contributed by atoms with Gasteiger partial charge in [-0.15, -0.1) is 0 Å². The Hall–Kier alpha value is -1.03. The van der Waals surface area contributed by atoms with E-state index in [2.05, 4.69) is 33.7 Å². The number of rotatable bonds is 3. The normalized spacial score (nSPS) is 18.4. The first-order valence-electron chi connectivity index (χ1n) is 5.77. The van der Waals surface area contributed by atoms with Gasteiger partial charge in [0.15, 0.2) is 0 Å². The van der Waals surface area contributed by atoms with Gasteiger partial charge in [0.25, 0.3) is 0 Å². The molecule has 0 saturated carbocycles. The number of hydrogen-bond acceptors (Lipinski definition) is 3. The molecule has 1 saturated heterocycles. The molecule has 2 heterocycles. The Morgan fingerprint density at radius 1 is 1.47 bits per heavy atom. The first-order chi connectivity index (χ1) is 7.31. The fourth-order valence-electron chi connectivity index (χ4n) is 2.23. The van der Waals surface area contributed by atoms with Crippen LogP contribution in [-0.2, 0) is 7.05 Å². The van der Waals surface area contributed by atoms with Crippen LogP contribution in [0.4, 0.5) is 5.95 Å². The second-order valence-electron chi connectivity index (χ2n) is 4.16. The smallest absolute Gasteiger partial charge is 0.205 e. The molecule has 0 bridgehead atoms. The average molecular weight is 208 g/mol. The zero-order valence-electron chi connectivity index (χ0n) is 9.61. The third-order valence-corrected chi connectivity index (χ3v) is 3.07. The van der Waals surface area contributed by atoms with Crippen LogP contribution >= 0.6 is 0 Å². The second-order valence-corrected chi connectivity index (χ2v) is 4.16. The predicted molar refractivity (Wildman–Crippen MR) is 62.1 cm³/mol. The summed E-state index contributed by atoms with van der Waals surface area (Å²) in [7, 11) is 2.05. The highest BCUT2D eigenvalue weighted by Gasteiger charge is 2.20. The van der Waals surface area contributed by atoms with Gasteiger partial charge in [-0.1, -0.05) is 6.92 Å². The molecule has 0 unspecified atom stereocenters. The van der Waals surface area contributed by atoms with Crippen LogP contribution < -0.4 is 10.2 Å². The van der Waals surface area contributed by atoms with E-state index < -0.39 is 0 Å². The molecule has 1 N–H and O–H groups in total. The molecule has 1 aliphatic heterocycles. The van der Waals surface area contributed by atoms with Gasteiger partial charge in [0.05, 0.1) is 0 Å². The van der Waals surface area contributed by atoms with Crippen molar-refractivity contribution in [1.29, 1.82) is 0 Å². The van der Waals surface area contributed by atoms with E-state index in [1.54, 1.807) is 0 Å². The van der Waals surface area contributed by atoms with Crippen LogP contribution in [0.1, 0.15) is 19.8 Å². The Kier molecular flexibility index (Phi) is 3.26. The fourth-order valence-corrected chi connectivity index (χ4v) is 2.23. The average Bonchev–Trinajstić information content (AvgIpc) is 2.66. The molecule has 1 aromatic rings. The number of hydrogen-bond donors (Lipinski definition) is 1. The van der Waals surface area contributed by atoms with Crippen molar-refractivity contribution in [3.05, 3.63) is 12.4 Å². The van der Waals surface area contributed by atoms with E-state index in [1.165, 1.54) is 12.8 Å². The van der Waals surface area contributed by atoms with E-state index in [9.17, 15) is 0 Å². The molecule has 1 fully saturated rings. The van der Waals surface area contributed by atoms with E-state index in [-0.39, 0.29) is 0 Å². The van der Waals surface area contributed by atoms with Gasteiger partial charge in [0.1, 0.15) is 0 Å². The van der Waals surface area contributed by atoms with Gasteiger partial charge < -0.3 is 14.8 Å². The SMILES string of the molecule is CCNC1CCN(c2nccn2C)CC1. The lowest BCUT2D eigenvalue weighted by atomic mass is 10.1. The van der Waals surface area contributed by atoms with Crippen molar-refractivity contribution in [1.82, 2.24) is 14.9 Å². The molecule has 15 heavy (non-hydrogen) atoms. The first kappa shape index (κ1) is 10.5. The second kappa shape index (κ2) is 4.66. The molecule has 4 nitrogen and oxygen atoms in total. The summed E-state index contributed by atoms with van der Waals surface area (Å²) < 4.78 is 2.09. The van der Waals surface area contributed by atoms with Gasteiger partial charge in [-0.2, -0.15) is 0 Å². The molecule has 0 aromatic carbocycles. The van der Waals surface area contributed by atoms with Crippen LogP contribution in [-0.4, -0.2) is 35.2 Å². The summed E-state index contributed by atoms with van der Waals surface area (Å²) in [4.78, 5) is 6.75. The third-order valence-electron chi connectivity index (χ3n) is 3.07. The molecule has 0 aliphatic carbocycles. The summed E-state index contributed by atoms with van der Waals surface area (Å²) in [5.41, 5.74) is 0. The number of aromatic nitrogens is 2. The lowest BCUT2D eigenvalue weighted by molar-refractivity contribution is 0.419. The summed E-state index contributed by atoms with van der Waals surface area (Å²) in [5, 5.41) is 3.51. The Bertz CT molecular complexity index is 299. The van der Waals surface area contributed by atoms with Gasteiger partial charge in [-0.3, -0.25) is 0 Å². The molecule has 1 aliphatic rings. The van der Waals surface area contributed by atoms with Gasteiger partial charge in [-0.05, 0) is 19.4 Å². The van der Waals surface area contributed by atoms with Crippen LogP contribution in [0.5, 0.6) is 0 Å². The molecule has 4 heteroatoms. The maximum absolute atomic E-state index is 4.38. The van der Waals surface area contributed by atoms with Gasteiger partial charge in [-0.25, -0.2) is 4.98 Å². The molecule has 0 amide bonds. The molecule has 0 atom stereocenters. The number of anilines is 1. The van der Waals surface area contributed by atoms with Crippen molar-refractivity contribution in [3.63, 3.8) is 0 Å². The van der Waals surface area contributed by atoms with E-state index >= 15 is 0 Å². The fraction of sp³-hybridized carbons (Fsp3) is 0.727. The van der Waals surface area contributed by atoms with E-state index in [4.69, 9.17) is 0 Å². The van der Waals surface area contributed by atoms with Crippen molar-refractivity contribution < 1.29 is 0 Å². The summed E-state index contributed by atoms with van der Waals surface area (Å²) in [6.07, 6.45) is 6.32. The molecular formula is C11H20N4. The number of nitrogens with one attached hydrogen (secondary N) is 1. The van der Waals surface area contributed by atoms with Crippen LogP contribution in [0.15, 0.2) is 12.4 Å². The van der Waals surface area contributed by atoms with Crippen LogP contribution in [0, 0.1) is 0 Å². The summed E-state index contributed by atoms with van der Waals surface area (Å²) >= 11 is 0. The van der Waals surface area contributed by atoms with E-state index in [1.807, 2.05) is 12.4 Å². The maximum Gasteiger partial charge on any atom is 0.205 e. The van der Waals surface area contributed by atoms with E-state index in [0.29, 0.717) is 6.04 Å². The Morgan fingerprint density at radius 2 is 2.20 bits per heavy atom. The summed E-state index contributed by atoms with van der Waals surface area (Å²) in [6.45, 7) is 5.48. The van der Waals surface area contributed by atoms with Crippen LogP contribution in [0.3, 0.4) is 0 Å². The maximum atomic E-state index is 4.38. The number of aryl methyl sites for hydroxylation is 1. The summed E-state index contributed by atoms with van der Waals surface area (Å²) in [5.74, 6) is 1.10. The van der Waals surface area contributed by atoms with Crippen LogP contribution in [0.25, 0.3) is 0 Å². The van der Waals surface area contributed by atoms with Gasteiger partial charge >= 0.3 is 0 Å². The van der Waals surface area contributed by atoms with Crippen LogP contribution in [0.2, 0.25) is 0 Å². The molecule has 84 valence electrons. The molecule has 0 radical (unpaired) electrons. The zero-order chi connectivity index (χ0) is 10.7. The first-order valence-corrected chi connectivity index (χ1v) is 5.77. The molecule has 2 rings (SSSR count). The number of imidazole rings is 1.